The third-order valence-corrected chi connectivity index (χ3v) is 5.41. The Morgan fingerprint density at radius 2 is 1.75 bits per heavy atom. The third-order valence-electron chi connectivity index (χ3n) is 5.16. The van der Waals surface area contributed by atoms with Crippen LogP contribution in [0.2, 0.25) is 5.02 Å². The number of aromatic nitrogens is 4. The Labute approximate surface area is 187 Å². The van der Waals surface area contributed by atoms with Gasteiger partial charge in [0.15, 0.2) is 11.2 Å². The van der Waals surface area contributed by atoms with Crippen LogP contribution in [0.4, 0.5) is 11.4 Å². The van der Waals surface area contributed by atoms with E-state index in [1.165, 1.54) is 17.9 Å². The number of fused-ring (bicyclic) bond motifs is 1. The predicted octanol–water partition coefficient (Wildman–Crippen LogP) is 2.45. The minimum Gasteiger partial charge on any atom is -0.383 e. The molecule has 2 aromatic heterocycles. The molecule has 0 spiro atoms. The van der Waals surface area contributed by atoms with Crippen LogP contribution in [0.3, 0.4) is 0 Å². The molecular formula is C22H21ClN6O3. The van der Waals surface area contributed by atoms with E-state index in [2.05, 4.69) is 15.6 Å². The number of nitrogens with zero attached hydrogens (tertiary/aromatic N) is 4. The summed E-state index contributed by atoms with van der Waals surface area (Å²) in [5, 5.41) is 6.68. The number of carbonyl (C=O) groups excluding carboxylic acids is 1. The van der Waals surface area contributed by atoms with E-state index in [0.29, 0.717) is 46.2 Å². The van der Waals surface area contributed by atoms with Crippen molar-refractivity contribution in [2.75, 3.05) is 17.2 Å². The molecule has 0 saturated carbocycles. The number of halogens is 1. The SMILES string of the molecule is Cn1c(=O)c2c(ncn2CCNc2ccccc2C(=O)Nc2ccc(Cl)cc2)n(C)c1=O. The molecule has 0 fully saturated rings. The molecule has 0 aliphatic heterocycles. The Kier molecular flexibility index (Phi) is 5.83. The number of hydrogen-bond acceptors (Lipinski definition) is 5. The molecule has 2 heterocycles. The maximum Gasteiger partial charge on any atom is 0.332 e. The van der Waals surface area contributed by atoms with Crippen LogP contribution in [-0.4, -0.2) is 31.1 Å². The molecular weight excluding hydrogens is 432 g/mol. The summed E-state index contributed by atoms with van der Waals surface area (Å²) >= 11 is 5.89. The summed E-state index contributed by atoms with van der Waals surface area (Å²) in [5.74, 6) is -0.257. The number of imidazole rings is 1. The fourth-order valence-corrected chi connectivity index (χ4v) is 3.57. The summed E-state index contributed by atoms with van der Waals surface area (Å²) in [4.78, 5) is 41.6. The van der Waals surface area contributed by atoms with Crippen molar-refractivity contribution >= 4 is 40.0 Å². The number of carbonyl (C=O) groups is 1. The average Bonchev–Trinajstić information content (AvgIpc) is 3.22. The van der Waals surface area contributed by atoms with Crippen LogP contribution in [0.25, 0.3) is 11.2 Å². The van der Waals surface area contributed by atoms with Crippen LogP contribution < -0.4 is 21.9 Å². The summed E-state index contributed by atoms with van der Waals surface area (Å²) in [5.41, 5.74) is 1.64. The van der Waals surface area contributed by atoms with E-state index in [1.807, 2.05) is 12.1 Å². The Bertz CT molecular complexity index is 1420. The number of rotatable bonds is 6. The molecule has 0 aliphatic rings. The van der Waals surface area contributed by atoms with Crippen LogP contribution in [-0.2, 0) is 20.6 Å². The van der Waals surface area contributed by atoms with Crippen molar-refractivity contribution in [3.63, 3.8) is 0 Å². The van der Waals surface area contributed by atoms with Crippen molar-refractivity contribution in [2.24, 2.45) is 14.1 Å². The highest BCUT2D eigenvalue weighted by atomic mass is 35.5. The van der Waals surface area contributed by atoms with Gasteiger partial charge in [-0.2, -0.15) is 0 Å². The fourth-order valence-electron chi connectivity index (χ4n) is 3.44. The van der Waals surface area contributed by atoms with E-state index in [-0.39, 0.29) is 5.91 Å². The fraction of sp³-hybridized carbons (Fsp3) is 0.182. The second kappa shape index (κ2) is 8.72. The van der Waals surface area contributed by atoms with E-state index in [9.17, 15) is 14.4 Å². The van der Waals surface area contributed by atoms with E-state index in [1.54, 1.807) is 48.0 Å². The molecule has 1 amide bonds. The zero-order chi connectivity index (χ0) is 22.8. The van der Waals surface area contributed by atoms with Gasteiger partial charge in [0.1, 0.15) is 0 Å². The summed E-state index contributed by atoms with van der Waals surface area (Å²) in [7, 11) is 3.02. The van der Waals surface area contributed by atoms with E-state index in [0.717, 1.165) is 4.57 Å². The first-order valence-corrected chi connectivity index (χ1v) is 10.3. The largest absolute Gasteiger partial charge is 0.383 e. The second-order valence-corrected chi connectivity index (χ2v) is 7.69. The van der Waals surface area contributed by atoms with Gasteiger partial charge in [0.05, 0.1) is 11.9 Å². The molecule has 164 valence electrons. The molecule has 0 unspecified atom stereocenters. The van der Waals surface area contributed by atoms with Crippen molar-refractivity contribution in [1.82, 2.24) is 18.7 Å². The van der Waals surface area contributed by atoms with Gasteiger partial charge in [0.2, 0.25) is 0 Å². The number of aryl methyl sites for hydroxylation is 1. The Morgan fingerprint density at radius 1 is 1.03 bits per heavy atom. The minimum atomic E-state index is -0.425. The molecule has 2 aromatic carbocycles. The first kappa shape index (κ1) is 21.4. The van der Waals surface area contributed by atoms with Crippen molar-refractivity contribution in [3.8, 4) is 0 Å². The standard InChI is InChI=1S/C22H21ClN6O3/c1-27-19-18(21(31)28(2)22(27)32)29(13-25-19)12-11-24-17-6-4-3-5-16(17)20(30)26-15-9-7-14(23)8-10-15/h3-10,13,24H,11-12H2,1-2H3,(H,26,30). The van der Waals surface area contributed by atoms with Crippen molar-refractivity contribution in [1.29, 1.82) is 0 Å². The lowest BCUT2D eigenvalue weighted by molar-refractivity contribution is 0.102. The number of amides is 1. The zero-order valence-electron chi connectivity index (χ0n) is 17.5. The second-order valence-electron chi connectivity index (χ2n) is 7.25. The van der Waals surface area contributed by atoms with Gasteiger partial charge in [-0.25, -0.2) is 9.78 Å². The highest BCUT2D eigenvalue weighted by Gasteiger charge is 2.15. The van der Waals surface area contributed by atoms with Crippen LogP contribution in [0.15, 0.2) is 64.4 Å². The van der Waals surface area contributed by atoms with Crippen LogP contribution in [0.5, 0.6) is 0 Å². The minimum absolute atomic E-state index is 0.257. The highest BCUT2D eigenvalue weighted by Crippen LogP contribution is 2.19. The number of benzene rings is 2. The molecule has 9 nitrogen and oxygen atoms in total. The van der Waals surface area contributed by atoms with Gasteiger partial charge in [0, 0.05) is 43.6 Å². The quantitative estimate of drug-likeness (QED) is 0.467. The maximum absolute atomic E-state index is 12.8. The van der Waals surface area contributed by atoms with Crippen molar-refractivity contribution < 1.29 is 4.79 Å². The summed E-state index contributed by atoms with van der Waals surface area (Å²) in [6.07, 6.45) is 1.53. The molecule has 0 aliphatic carbocycles. The Hall–Kier alpha value is -3.85. The first-order valence-electron chi connectivity index (χ1n) is 9.87. The molecule has 32 heavy (non-hydrogen) atoms. The molecule has 0 atom stereocenters. The maximum atomic E-state index is 12.8. The summed E-state index contributed by atoms with van der Waals surface area (Å²) < 4.78 is 4.10. The van der Waals surface area contributed by atoms with Gasteiger partial charge < -0.3 is 15.2 Å². The monoisotopic (exact) mass is 452 g/mol. The molecule has 0 radical (unpaired) electrons. The smallest absolute Gasteiger partial charge is 0.332 e. The number of para-hydroxylation sites is 1. The molecule has 10 heteroatoms. The van der Waals surface area contributed by atoms with E-state index < -0.39 is 11.2 Å². The first-order chi connectivity index (χ1) is 15.4. The normalized spacial score (nSPS) is 11.0. The van der Waals surface area contributed by atoms with Gasteiger partial charge in [0.25, 0.3) is 11.5 Å². The topological polar surface area (TPSA) is 103 Å². The van der Waals surface area contributed by atoms with Gasteiger partial charge >= 0.3 is 5.69 Å². The van der Waals surface area contributed by atoms with E-state index in [4.69, 9.17) is 11.6 Å². The van der Waals surface area contributed by atoms with Crippen molar-refractivity contribution in [2.45, 2.75) is 6.54 Å². The van der Waals surface area contributed by atoms with Crippen LogP contribution >= 0.6 is 11.6 Å². The van der Waals surface area contributed by atoms with Crippen LogP contribution in [0, 0.1) is 0 Å². The summed E-state index contributed by atoms with van der Waals surface area (Å²) in [6, 6.07) is 14.0. The zero-order valence-corrected chi connectivity index (χ0v) is 18.3. The van der Waals surface area contributed by atoms with Gasteiger partial charge in [-0.1, -0.05) is 23.7 Å². The molecule has 2 N–H and O–H groups in total. The third kappa shape index (κ3) is 4.02. The van der Waals surface area contributed by atoms with Crippen molar-refractivity contribution in [3.05, 3.63) is 86.3 Å². The average molecular weight is 453 g/mol. The van der Waals surface area contributed by atoms with Gasteiger partial charge in [-0.15, -0.1) is 0 Å². The van der Waals surface area contributed by atoms with E-state index >= 15 is 0 Å². The highest BCUT2D eigenvalue weighted by molar-refractivity contribution is 6.30. The lowest BCUT2D eigenvalue weighted by Crippen LogP contribution is -2.37. The lowest BCUT2D eigenvalue weighted by Gasteiger charge is -2.13. The summed E-state index contributed by atoms with van der Waals surface area (Å²) in [6.45, 7) is 0.847. The molecule has 4 rings (SSSR count). The Morgan fingerprint density at radius 3 is 2.50 bits per heavy atom. The number of nitrogens with one attached hydrogen (secondary N) is 2. The Balaban J connectivity index is 1.51. The molecule has 0 saturated heterocycles. The lowest BCUT2D eigenvalue weighted by atomic mass is 10.1. The predicted molar refractivity (Wildman–Crippen MR) is 125 cm³/mol. The number of anilines is 2. The van der Waals surface area contributed by atoms with Gasteiger partial charge in [-0.05, 0) is 36.4 Å². The van der Waals surface area contributed by atoms with Crippen LogP contribution in [0.1, 0.15) is 10.4 Å². The molecule has 4 aromatic rings. The number of hydrogen-bond donors (Lipinski definition) is 2. The molecule has 0 bridgehead atoms. The van der Waals surface area contributed by atoms with Gasteiger partial charge in [-0.3, -0.25) is 18.7 Å².